The van der Waals surface area contributed by atoms with E-state index in [0.717, 1.165) is 11.8 Å². The number of carbonyl (C=O) groups is 1. The molecular weight excluding hydrogens is 346 g/mol. The number of nitrogen functional groups attached to an aromatic ring is 1. The Balaban J connectivity index is 2.42. The fraction of sp³-hybridized carbons (Fsp3) is 0.182. The molecule has 6 N–H and O–H groups in total. The summed E-state index contributed by atoms with van der Waals surface area (Å²) >= 11 is 0.769. The number of rotatable bonds is 6. The molecule has 0 aliphatic carbocycles. The Morgan fingerprint density at radius 2 is 2.17 bits per heavy atom. The zero-order valence-electron chi connectivity index (χ0n) is 11.8. The molecule has 0 saturated carbocycles. The number of anilines is 2. The second-order valence-electron chi connectivity index (χ2n) is 4.42. The highest BCUT2D eigenvalue weighted by molar-refractivity contribution is 8.01. The predicted molar refractivity (Wildman–Crippen MR) is 82.8 cm³/mol. The minimum absolute atomic E-state index is 0.0648. The van der Waals surface area contributed by atoms with Gasteiger partial charge in [0.2, 0.25) is 5.95 Å². The van der Waals surface area contributed by atoms with Crippen LogP contribution in [0.5, 0.6) is 5.75 Å². The number of hydrogen-bond acceptors (Lipinski definition) is 8. The van der Waals surface area contributed by atoms with Gasteiger partial charge in [-0.15, -0.1) is 16.9 Å². The summed E-state index contributed by atoms with van der Waals surface area (Å²) in [5.41, 5.74) is 5.64. The van der Waals surface area contributed by atoms with E-state index >= 15 is 0 Å². The Kier molecular flexibility index (Phi) is 4.65. The van der Waals surface area contributed by atoms with Gasteiger partial charge >= 0.3 is 5.97 Å². The fourth-order valence-corrected chi connectivity index (χ4v) is 3.89. The number of aromatic nitrogens is 3. The number of H-pyrrole nitrogens is 1. The normalized spacial score (nSPS) is 11.3. The second kappa shape index (κ2) is 6.34. The summed E-state index contributed by atoms with van der Waals surface area (Å²) in [6.07, 6.45) is 0. The molecule has 1 aromatic heterocycles. The Morgan fingerprint density at radius 3 is 2.74 bits per heavy atom. The lowest BCUT2D eigenvalue weighted by molar-refractivity contribution is -0.133. The van der Waals surface area contributed by atoms with Gasteiger partial charge in [-0.05, 0) is 24.6 Å². The molecule has 1 aromatic carbocycles. The standard InChI is InChI=1S/C11H13N5O5S2/c1-5-2-8(7(3-6(5)17)22-4-9(18)19)23(20,21)16-11-13-10(12)14-15-11/h2-3,17H,4H2,1H3,(H,18,19)(H4,12,13,14,15,16). The highest BCUT2D eigenvalue weighted by Gasteiger charge is 2.23. The third-order valence-electron chi connectivity index (χ3n) is 2.63. The zero-order valence-corrected chi connectivity index (χ0v) is 13.4. The number of thioether (sulfide) groups is 1. The molecule has 0 saturated heterocycles. The summed E-state index contributed by atoms with van der Waals surface area (Å²) in [7, 11) is -4.09. The van der Waals surface area contributed by atoms with Crippen LogP contribution in [-0.2, 0) is 14.8 Å². The van der Waals surface area contributed by atoms with E-state index in [1.807, 2.05) is 0 Å². The smallest absolute Gasteiger partial charge is 0.313 e. The van der Waals surface area contributed by atoms with Gasteiger partial charge in [-0.25, -0.2) is 18.2 Å². The molecule has 2 rings (SSSR count). The Bertz CT molecular complexity index is 848. The van der Waals surface area contributed by atoms with Gasteiger partial charge in [-0.1, -0.05) is 0 Å². The Hall–Kier alpha value is -2.47. The number of carboxylic acid groups (broad SMARTS) is 1. The number of nitrogens with two attached hydrogens (primary N) is 1. The van der Waals surface area contributed by atoms with Crippen LogP contribution in [0.25, 0.3) is 0 Å². The molecule has 23 heavy (non-hydrogen) atoms. The minimum Gasteiger partial charge on any atom is -0.508 e. The number of aromatic hydroxyl groups is 1. The summed E-state index contributed by atoms with van der Waals surface area (Å²) in [6.45, 7) is 1.52. The molecule has 0 atom stereocenters. The van der Waals surface area contributed by atoms with Crippen LogP contribution in [0.4, 0.5) is 11.9 Å². The third-order valence-corrected chi connectivity index (χ3v) is 5.17. The summed E-state index contributed by atoms with van der Waals surface area (Å²) in [6, 6.07) is 2.43. The quantitative estimate of drug-likeness (QED) is 0.457. The van der Waals surface area contributed by atoms with Gasteiger partial charge in [0.1, 0.15) is 10.6 Å². The molecule has 12 heteroatoms. The number of aryl methyl sites for hydroxylation is 1. The minimum atomic E-state index is -4.09. The average molecular weight is 359 g/mol. The molecular formula is C11H13N5O5S2. The first-order valence-corrected chi connectivity index (χ1v) is 8.55. The number of aromatic amines is 1. The maximum Gasteiger partial charge on any atom is 0.313 e. The van der Waals surface area contributed by atoms with E-state index in [1.54, 1.807) is 0 Å². The van der Waals surface area contributed by atoms with Gasteiger partial charge < -0.3 is 15.9 Å². The topological polar surface area (TPSA) is 171 Å². The van der Waals surface area contributed by atoms with Crippen LogP contribution in [0.2, 0.25) is 0 Å². The number of sulfonamides is 1. The van der Waals surface area contributed by atoms with E-state index in [-0.39, 0.29) is 33.2 Å². The third kappa shape index (κ3) is 4.04. The maximum atomic E-state index is 12.5. The van der Waals surface area contributed by atoms with Crippen molar-refractivity contribution in [2.24, 2.45) is 0 Å². The van der Waals surface area contributed by atoms with Crippen molar-refractivity contribution < 1.29 is 23.4 Å². The molecule has 0 spiro atoms. The fourth-order valence-electron chi connectivity index (χ4n) is 1.61. The van der Waals surface area contributed by atoms with E-state index < -0.39 is 16.0 Å². The summed E-state index contributed by atoms with van der Waals surface area (Å²) < 4.78 is 27.0. The van der Waals surface area contributed by atoms with Crippen molar-refractivity contribution in [1.82, 2.24) is 15.2 Å². The van der Waals surface area contributed by atoms with Crippen molar-refractivity contribution in [1.29, 1.82) is 0 Å². The van der Waals surface area contributed by atoms with Gasteiger partial charge in [0, 0.05) is 4.90 Å². The number of phenols is 1. The molecule has 124 valence electrons. The maximum absolute atomic E-state index is 12.5. The molecule has 1 heterocycles. The number of nitrogens with zero attached hydrogens (tertiary/aromatic N) is 2. The van der Waals surface area contributed by atoms with E-state index in [4.69, 9.17) is 10.8 Å². The second-order valence-corrected chi connectivity index (χ2v) is 7.09. The van der Waals surface area contributed by atoms with Gasteiger partial charge in [0.25, 0.3) is 16.0 Å². The lowest BCUT2D eigenvalue weighted by Crippen LogP contribution is -2.15. The molecule has 0 fully saturated rings. The average Bonchev–Trinajstić information content (AvgIpc) is 2.84. The molecule has 2 aromatic rings. The van der Waals surface area contributed by atoms with E-state index in [0.29, 0.717) is 5.56 Å². The monoisotopic (exact) mass is 359 g/mol. The largest absolute Gasteiger partial charge is 0.508 e. The summed E-state index contributed by atoms with van der Waals surface area (Å²) in [5, 5.41) is 24.3. The number of phenolic OH excluding ortho intramolecular Hbond substituents is 1. The molecule has 0 amide bonds. The van der Waals surface area contributed by atoms with Crippen LogP contribution in [0.15, 0.2) is 21.9 Å². The van der Waals surface area contributed by atoms with Crippen molar-refractivity contribution in [2.75, 3.05) is 16.2 Å². The Labute approximate surface area is 135 Å². The number of carboxylic acids is 1. The molecule has 10 nitrogen and oxygen atoms in total. The highest BCUT2D eigenvalue weighted by atomic mass is 32.2. The van der Waals surface area contributed by atoms with Crippen LogP contribution in [0.1, 0.15) is 5.56 Å². The van der Waals surface area contributed by atoms with Gasteiger partial charge in [-0.3, -0.25) is 4.79 Å². The van der Waals surface area contributed by atoms with Crippen LogP contribution in [0, 0.1) is 6.92 Å². The van der Waals surface area contributed by atoms with Crippen molar-refractivity contribution in [3.8, 4) is 5.75 Å². The van der Waals surface area contributed by atoms with E-state index in [2.05, 4.69) is 19.9 Å². The molecule has 0 radical (unpaired) electrons. The molecule has 0 aliphatic heterocycles. The van der Waals surface area contributed by atoms with Gasteiger partial charge in [0.15, 0.2) is 0 Å². The van der Waals surface area contributed by atoms with Gasteiger partial charge in [0.05, 0.1) is 5.75 Å². The van der Waals surface area contributed by atoms with Crippen molar-refractivity contribution in [3.05, 3.63) is 17.7 Å². The number of nitrogens with one attached hydrogen (secondary N) is 2. The van der Waals surface area contributed by atoms with E-state index in [9.17, 15) is 18.3 Å². The summed E-state index contributed by atoms with van der Waals surface area (Å²) in [5.74, 6) is -1.93. The van der Waals surface area contributed by atoms with Crippen molar-refractivity contribution in [2.45, 2.75) is 16.7 Å². The molecule has 0 unspecified atom stereocenters. The molecule has 0 bridgehead atoms. The lowest BCUT2D eigenvalue weighted by atomic mass is 10.2. The van der Waals surface area contributed by atoms with Crippen molar-refractivity contribution >= 4 is 39.7 Å². The van der Waals surface area contributed by atoms with Crippen LogP contribution < -0.4 is 10.5 Å². The summed E-state index contributed by atoms with van der Waals surface area (Å²) in [4.78, 5) is 14.2. The number of hydrogen-bond donors (Lipinski definition) is 5. The van der Waals surface area contributed by atoms with E-state index in [1.165, 1.54) is 19.1 Å². The first kappa shape index (κ1) is 16.9. The lowest BCUT2D eigenvalue weighted by Gasteiger charge is -2.12. The van der Waals surface area contributed by atoms with Gasteiger partial charge in [-0.2, -0.15) is 4.98 Å². The number of aliphatic carboxylic acids is 1. The van der Waals surface area contributed by atoms with Crippen LogP contribution in [-0.4, -0.2) is 45.5 Å². The predicted octanol–water partition coefficient (Wildman–Crippen LogP) is 0.378. The first-order valence-electron chi connectivity index (χ1n) is 6.08. The Morgan fingerprint density at radius 1 is 1.48 bits per heavy atom. The number of benzene rings is 1. The zero-order chi connectivity index (χ0) is 17.2. The van der Waals surface area contributed by atoms with Crippen molar-refractivity contribution in [3.63, 3.8) is 0 Å². The van der Waals surface area contributed by atoms with Crippen LogP contribution in [0.3, 0.4) is 0 Å². The SMILES string of the molecule is Cc1cc(S(=O)(=O)Nc2n[nH]c(N)n2)c(SCC(=O)O)cc1O. The van der Waals surface area contributed by atoms with Crippen LogP contribution >= 0.6 is 11.8 Å². The highest BCUT2D eigenvalue weighted by Crippen LogP contribution is 2.33. The molecule has 0 aliphatic rings. The first-order chi connectivity index (χ1) is 10.7.